The molecule has 0 heterocycles. The molecule has 0 amide bonds. The van der Waals surface area contributed by atoms with E-state index in [2.05, 4.69) is 0 Å². The van der Waals surface area contributed by atoms with Crippen LogP contribution >= 0.6 is 0 Å². The second-order valence-electron chi connectivity index (χ2n) is 4.59. The second kappa shape index (κ2) is 7.49. The summed E-state index contributed by atoms with van der Waals surface area (Å²) < 4.78 is 5.06. The maximum atomic E-state index is 10.8. The molecule has 0 saturated heterocycles. The first kappa shape index (κ1) is 16.0. The van der Waals surface area contributed by atoms with E-state index in [-0.39, 0.29) is 19.1 Å². The molecule has 0 bridgehead atoms. The Hall–Kier alpha value is -2.08. The van der Waals surface area contributed by atoms with Crippen molar-refractivity contribution in [1.29, 1.82) is 0 Å². The van der Waals surface area contributed by atoms with E-state index in [1.807, 2.05) is 31.2 Å². The standard InChI is InChI=1S/C14H19NO5/c1-10(15(8-13(16)17)9-14(18)19)7-11-3-5-12(20-2)6-4-11/h3-6,10H,7-9H2,1-2H3,(H,16,17)(H,18,19). The Balaban J connectivity index is 2.70. The zero-order valence-corrected chi connectivity index (χ0v) is 11.6. The van der Waals surface area contributed by atoms with Crippen molar-refractivity contribution < 1.29 is 24.5 Å². The lowest BCUT2D eigenvalue weighted by Gasteiger charge is -2.25. The molecule has 0 saturated carbocycles. The van der Waals surface area contributed by atoms with E-state index in [4.69, 9.17) is 14.9 Å². The van der Waals surface area contributed by atoms with Crippen LogP contribution in [0.2, 0.25) is 0 Å². The third kappa shape index (κ3) is 5.27. The Labute approximate surface area is 117 Å². The molecule has 1 aromatic rings. The lowest BCUT2D eigenvalue weighted by atomic mass is 10.1. The van der Waals surface area contributed by atoms with Gasteiger partial charge in [-0.15, -0.1) is 0 Å². The zero-order valence-electron chi connectivity index (χ0n) is 11.6. The van der Waals surface area contributed by atoms with Crippen molar-refractivity contribution >= 4 is 11.9 Å². The number of carbonyl (C=O) groups is 2. The molecule has 1 rings (SSSR count). The normalized spacial score (nSPS) is 12.2. The SMILES string of the molecule is COc1ccc(CC(C)N(CC(=O)O)CC(=O)O)cc1. The molecule has 0 fully saturated rings. The molecule has 2 N–H and O–H groups in total. The Morgan fingerprint density at radius 1 is 1.15 bits per heavy atom. The van der Waals surface area contributed by atoms with E-state index in [1.165, 1.54) is 4.90 Å². The molecule has 0 spiro atoms. The van der Waals surface area contributed by atoms with Gasteiger partial charge in [0.05, 0.1) is 20.2 Å². The number of hydrogen-bond donors (Lipinski definition) is 2. The molecule has 0 aliphatic rings. The van der Waals surface area contributed by atoms with E-state index in [1.54, 1.807) is 7.11 Å². The fourth-order valence-electron chi connectivity index (χ4n) is 1.95. The third-order valence-electron chi connectivity index (χ3n) is 2.99. The molecule has 110 valence electrons. The van der Waals surface area contributed by atoms with Gasteiger partial charge in [0.1, 0.15) is 5.75 Å². The van der Waals surface area contributed by atoms with Crippen LogP contribution < -0.4 is 4.74 Å². The number of methoxy groups -OCH3 is 1. The molecule has 0 radical (unpaired) electrons. The van der Waals surface area contributed by atoms with Crippen LogP contribution in [0.1, 0.15) is 12.5 Å². The second-order valence-corrected chi connectivity index (χ2v) is 4.59. The monoisotopic (exact) mass is 281 g/mol. The van der Waals surface area contributed by atoms with Crippen molar-refractivity contribution in [2.24, 2.45) is 0 Å². The highest BCUT2D eigenvalue weighted by Gasteiger charge is 2.19. The number of nitrogens with zero attached hydrogens (tertiary/aromatic N) is 1. The van der Waals surface area contributed by atoms with Crippen molar-refractivity contribution in [2.75, 3.05) is 20.2 Å². The fourth-order valence-corrected chi connectivity index (χ4v) is 1.95. The Morgan fingerprint density at radius 2 is 1.65 bits per heavy atom. The summed E-state index contributed by atoms with van der Waals surface area (Å²) in [5, 5.41) is 17.7. The lowest BCUT2D eigenvalue weighted by Crippen LogP contribution is -2.41. The van der Waals surface area contributed by atoms with Gasteiger partial charge < -0.3 is 14.9 Å². The molecule has 1 aromatic carbocycles. The average Bonchev–Trinajstić information content (AvgIpc) is 2.37. The van der Waals surface area contributed by atoms with Gasteiger partial charge in [0.25, 0.3) is 0 Å². The van der Waals surface area contributed by atoms with Gasteiger partial charge in [-0.1, -0.05) is 12.1 Å². The number of hydrogen-bond acceptors (Lipinski definition) is 4. The van der Waals surface area contributed by atoms with E-state index in [0.29, 0.717) is 6.42 Å². The zero-order chi connectivity index (χ0) is 15.1. The third-order valence-corrected chi connectivity index (χ3v) is 2.99. The summed E-state index contributed by atoms with van der Waals surface area (Å²) in [5.41, 5.74) is 0.999. The predicted molar refractivity (Wildman–Crippen MR) is 73.0 cm³/mol. The molecule has 1 unspecified atom stereocenters. The number of carboxylic acid groups (broad SMARTS) is 2. The number of benzene rings is 1. The first-order valence-electron chi connectivity index (χ1n) is 6.23. The fraction of sp³-hybridized carbons (Fsp3) is 0.429. The summed E-state index contributed by atoms with van der Waals surface area (Å²) in [4.78, 5) is 23.0. The number of carboxylic acids is 2. The maximum absolute atomic E-state index is 10.8. The summed E-state index contributed by atoms with van der Waals surface area (Å²) in [6, 6.07) is 7.22. The van der Waals surface area contributed by atoms with Crippen LogP contribution in [-0.2, 0) is 16.0 Å². The quantitative estimate of drug-likeness (QED) is 0.742. The van der Waals surface area contributed by atoms with Gasteiger partial charge in [0.15, 0.2) is 0 Å². The Bertz CT molecular complexity index is 441. The average molecular weight is 281 g/mol. The highest BCUT2D eigenvalue weighted by Crippen LogP contribution is 2.14. The molecule has 20 heavy (non-hydrogen) atoms. The molecule has 6 nitrogen and oxygen atoms in total. The number of rotatable bonds is 8. The summed E-state index contributed by atoms with van der Waals surface area (Å²) in [6.07, 6.45) is 0.574. The largest absolute Gasteiger partial charge is 0.497 e. The smallest absolute Gasteiger partial charge is 0.317 e. The summed E-state index contributed by atoms with van der Waals surface area (Å²) in [7, 11) is 1.58. The van der Waals surface area contributed by atoms with Gasteiger partial charge in [-0.2, -0.15) is 0 Å². The maximum Gasteiger partial charge on any atom is 0.317 e. The van der Waals surface area contributed by atoms with Gasteiger partial charge in [-0.05, 0) is 31.0 Å². The van der Waals surface area contributed by atoms with Gasteiger partial charge in [0.2, 0.25) is 0 Å². The topological polar surface area (TPSA) is 87.1 Å². The van der Waals surface area contributed by atoms with Crippen molar-refractivity contribution in [2.45, 2.75) is 19.4 Å². The first-order valence-corrected chi connectivity index (χ1v) is 6.23. The van der Waals surface area contributed by atoms with Crippen LogP contribution in [0.5, 0.6) is 5.75 Å². The van der Waals surface area contributed by atoms with Crippen LogP contribution in [0.4, 0.5) is 0 Å². The van der Waals surface area contributed by atoms with E-state index >= 15 is 0 Å². The Kier molecular flexibility index (Phi) is 5.99. The molecular formula is C14H19NO5. The molecule has 0 aliphatic heterocycles. The van der Waals surface area contributed by atoms with E-state index in [9.17, 15) is 9.59 Å². The summed E-state index contributed by atoms with van der Waals surface area (Å²) >= 11 is 0. The van der Waals surface area contributed by atoms with Crippen molar-refractivity contribution in [3.8, 4) is 5.75 Å². The van der Waals surface area contributed by atoms with Gasteiger partial charge in [0, 0.05) is 6.04 Å². The predicted octanol–water partition coefficient (Wildman–Crippen LogP) is 1.10. The van der Waals surface area contributed by atoms with Gasteiger partial charge in [-0.25, -0.2) is 0 Å². The minimum absolute atomic E-state index is 0.185. The lowest BCUT2D eigenvalue weighted by molar-refractivity contribution is -0.142. The molecule has 1 atom stereocenters. The van der Waals surface area contributed by atoms with Crippen molar-refractivity contribution in [3.63, 3.8) is 0 Å². The highest BCUT2D eigenvalue weighted by atomic mass is 16.5. The molecule has 0 aliphatic carbocycles. The summed E-state index contributed by atoms with van der Waals surface area (Å²) in [5.74, 6) is -1.32. The minimum Gasteiger partial charge on any atom is -0.497 e. The number of aliphatic carboxylic acids is 2. The van der Waals surface area contributed by atoms with Crippen molar-refractivity contribution in [3.05, 3.63) is 29.8 Å². The van der Waals surface area contributed by atoms with Crippen LogP contribution in [-0.4, -0.2) is 53.3 Å². The van der Waals surface area contributed by atoms with Crippen molar-refractivity contribution in [1.82, 2.24) is 4.90 Å². The van der Waals surface area contributed by atoms with E-state index < -0.39 is 11.9 Å². The number of ether oxygens (including phenoxy) is 1. The molecule has 0 aromatic heterocycles. The van der Waals surface area contributed by atoms with Gasteiger partial charge >= 0.3 is 11.9 Å². The van der Waals surface area contributed by atoms with Gasteiger partial charge in [-0.3, -0.25) is 14.5 Å². The van der Waals surface area contributed by atoms with Crippen LogP contribution in [0, 0.1) is 0 Å². The first-order chi connectivity index (χ1) is 9.42. The molecular weight excluding hydrogens is 262 g/mol. The Morgan fingerprint density at radius 3 is 2.05 bits per heavy atom. The summed E-state index contributed by atoms with van der Waals surface area (Å²) in [6.45, 7) is 1.24. The van der Waals surface area contributed by atoms with Crippen LogP contribution in [0.25, 0.3) is 0 Å². The van der Waals surface area contributed by atoms with Crippen LogP contribution in [0.15, 0.2) is 24.3 Å². The highest BCUT2D eigenvalue weighted by molar-refractivity contribution is 5.72. The molecule has 6 heteroatoms. The van der Waals surface area contributed by atoms with E-state index in [0.717, 1.165) is 11.3 Å². The van der Waals surface area contributed by atoms with Crippen LogP contribution in [0.3, 0.4) is 0 Å². The minimum atomic E-state index is -1.03.